The molecule has 2 atom stereocenters. The van der Waals surface area contributed by atoms with Crippen LogP contribution in [0.2, 0.25) is 0 Å². The number of methoxy groups -OCH3 is 1. The van der Waals surface area contributed by atoms with Crippen LogP contribution in [0, 0.1) is 5.92 Å². The smallest absolute Gasteiger partial charge is 0.320 e. The highest BCUT2D eigenvalue weighted by molar-refractivity contribution is 6.08. The van der Waals surface area contributed by atoms with Gasteiger partial charge in [-0.2, -0.15) is 0 Å². The van der Waals surface area contributed by atoms with Gasteiger partial charge < -0.3 is 14.5 Å². The summed E-state index contributed by atoms with van der Waals surface area (Å²) in [6, 6.07) is 8.84. The highest BCUT2D eigenvalue weighted by Gasteiger charge is 2.41. The molecule has 7 nitrogen and oxygen atoms in total. The molecule has 0 unspecified atom stereocenters. The zero-order chi connectivity index (χ0) is 17.1. The lowest BCUT2D eigenvalue weighted by Gasteiger charge is -2.37. The fourth-order valence-electron chi connectivity index (χ4n) is 3.03. The summed E-state index contributed by atoms with van der Waals surface area (Å²) in [5.74, 6) is -1.35. The molecule has 0 bridgehead atoms. The van der Waals surface area contributed by atoms with Gasteiger partial charge in [0.15, 0.2) is 5.92 Å². The van der Waals surface area contributed by atoms with Crippen LogP contribution < -0.4 is 5.32 Å². The van der Waals surface area contributed by atoms with E-state index in [1.807, 2.05) is 30.3 Å². The third-order valence-corrected chi connectivity index (χ3v) is 4.49. The Bertz CT molecular complexity index is 638. The highest BCUT2D eigenvalue weighted by atomic mass is 16.5. The van der Waals surface area contributed by atoms with Crippen molar-refractivity contribution in [1.82, 2.24) is 15.1 Å². The Morgan fingerprint density at radius 2 is 1.88 bits per heavy atom. The molecule has 0 saturated carbocycles. The molecule has 2 heterocycles. The molecule has 0 radical (unpaired) electrons. The van der Waals surface area contributed by atoms with Crippen LogP contribution in [0.5, 0.6) is 0 Å². The van der Waals surface area contributed by atoms with Crippen LogP contribution in [0.1, 0.15) is 11.6 Å². The molecular formula is C17H22N4O3. The first kappa shape index (κ1) is 16.4. The van der Waals surface area contributed by atoms with Crippen LogP contribution >= 0.6 is 0 Å². The first-order chi connectivity index (χ1) is 11.6. The van der Waals surface area contributed by atoms with Gasteiger partial charge in [-0.05, 0) is 12.6 Å². The zero-order valence-corrected chi connectivity index (χ0v) is 13.9. The molecule has 0 spiro atoms. The number of carbonyl (C=O) groups excluding carboxylic acids is 2. The van der Waals surface area contributed by atoms with Gasteiger partial charge in [0.2, 0.25) is 11.9 Å². The summed E-state index contributed by atoms with van der Waals surface area (Å²) in [4.78, 5) is 33.7. The van der Waals surface area contributed by atoms with Gasteiger partial charge in [0.1, 0.15) is 6.04 Å². The zero-order valence-electron chi connectivity index (χ0n) is 13.9. The van der Waals surface area contributed by atoms with Crippen molar-refractivity contribution in [1.29, 1.82) is 0 Å². The minimum Gasteiger partial charge on any atom is -0.468 e. The summed E-state index contributed by atoms with van der Waals surface area (Å²) < 4.78 is 4.82. The monoisotopic (exact) mass is 330 g/mol. The average Bonchev–Trinajstić information content (AvgIpc) is 2.62. The summed E-state index contributed by atoms with van der Waals surface area (Å²) in [5, 5.41) is 2.78. The Morgan fingerprint density at radius 3 is 2.50 bits per heavy atom. The number of guanidine groups is 1. The first-order valence-corrected chi connectivity index (χ1v) is 8.05. The number of rotatable bonds is 2. The van der Waals surface area contributed by atoms with Gasteiger partial charge in [-0.25, -0.2) is 4.99 Å². The SMILES string of the molecule is COC(=O)[C@H]1C(=O)NC(N2CCN(C)CC2)=N[C@@H]1c1ccccc1. The van der Waals surface area contributed by atoms with Crippen LogP contribution in [0.3, 0.4) is 0 Å². The summed E-state index contributed by atoms with van der Waals surface area (Å²) >= 11 is 0. The van der Waals surface area contributed by atoms with E-state index >= 15 is 0 Å². The molecule has 1 N–H and O–H groups in total. The van der Waals surface area contributed by atoms with E-state index in [2.05, 4.69) is 22.2 Å². The maximum Gasteiger partial charge on any atom is 0.320 e. The minimum absolute atomic E-state index is 0.361. The molecule has 1 amide bonds. The second-order valence-electron chi connectivity index (χ2n) is 6.09. The number of ether oxygens (including phenoxy) is 1. The number of amides is 1. The standard InChI is InChI=1S/C17H22N4O3/c1-20-8-10-21(11-9-20)17-18-14(12-6-4-3-5-7-12)13(15(22)19-17)16(23)24-2/h3-7,13-14H,8-11H2,1-2H3,(H,18,19,22)/t13-,14-/m1/s1. The topological polar surface area (TPSA) is 74.2 Å². The summed E-state index contributed by atoms with van der Waals surface area (Å²) in [6.07, 6.45) is 0. The van der Waals surface area contributed by atoms with E-state index in [0.717, 1.165) is 31.7 Å². The first-order valence-electron chi connectivity index (χ1n) is 8.05. The summed E-state index contributed by atoms with van der Waals surface area (Å²) in [5.41, 5.74) is 0.828. The predicted octanol–water partition coefficient (Wildman–Crippen LogP) is 0.250. The Balaban J connectivity index is 1.93. The fourth-order valence-corrected chi connectivity index (χ4v) is 3.03. The number of likely N-dealkylation sites (N-methyl/N-ethyl adjacent to an activating group) is 1. The lowest BCUT2D eigenvalue weighted by Crippen LogP contribution is -2.56. The van der Waals surface area contributed by atoms with Crippen molar-refractivity contribution in [3.63, 3.8) is 0 Å². The predicted molar refractivity (Wildman–Crippen MR) is 89.3 cm³/mol. The molecular weight excluding hydrogens is 308 g/mol. The second kappa shape index (κ2) is 7.00. The highest BCUT2D eigenvalue weighted by Crippen LogP contribution is 2.30. The van der Waals surface area contributed by atoms with E-state index in [1.54, 1.807) is 0 Å². The van der Waals surface area contributed by atoms with Crippen molar-refractivity contribution in [3.05, 3.63) is 35.9 Å². The third-order valence-electron chi connectivity index (χ3n) is 4.49. The van der Waals surface area contributed by atoms with Gasteiger partial charge in [0.25, 0.3) is 0 Å². The van der Waals surface area contributed by atoms with Gasteiger partial charge >= 0.3 is 5.97 Å². The van der Waals surface area contributed by atoms with E-state index in [9.17, 15) is 9.59 Å². The maximum absolute atomic E-state index is 12.6. The van der Waals surface area contributed by atoms with Crippen LogP contribution in [0.15, 0.2) is 35.3 Å². The Hall–Kier alpha value is -2.41. The third kappa shape index (κ3) is 3.26. The number of nitrogens with zero attached hydrogens (tertiary/aromatic N) is 3. The van der Waals surface area contributed by atoms with E-state index in [-0.39, 0.29) is 5.91 Å². The molecule has 2 aliphatic heterocycles. The second-order valence-corrected chi connectivity index (χ2v) is 6.09. The van der Waals surface area contributed by atoms with Crippen molar-refractivity contribution < 1.29 is 14.3 Å². The molecule has 1 fully saturated rings. The molecule has 24 heavy (non-hydrogen) atoms. The molecule has 2 aliphatic rings. The van der Waals surface area contributed by atoms with Crippen molar-refractivity contribution in [2.24, 2.45) is 10.9 Å². The Kier molecular flexibility index (Phi) is 4.80. The van der Waals surface area contributed by atoms with Crippen LogP contribution in [-0.2, 0) is 14.3 Å². The number of nitrogens with one attached hydrogen (secondary N) is 1. The van der Waals surface area contributed by atoms with Crippen molar-refractivity contribution in [3.8, 4) is 0 Å². The number of hydrogen-bond acceptors (Lipinski definition) is 6. The van der Waals surface area contributed by atoms with Crippen molar-refractivity contribution in [2.75, 3.05) is 40.3 Å². The lowest BCUT2D eigenvalue weighted by molar-refractivity contribution is -0.151. The molecule has 7 heteroatoms. The number of aliphatic imine (C=N–C) groups is 1. The van der Waals surface area contributed by atoms with E-state index < -0.39 is 17.9 Å². The molecule has 1 aromatic carbocycles. The van der Waals surface area contributed by atoms with Crippen LogP contribution in [0.4, 0.5) is 0 Å². The van der Waals surface area contributed by atoms with Gasteiger partial charge in [-0.3, -0.25) is 14.9 Å². The summed E-state index contributed by atoms with van der Waals surface area (Å²) in [6.45, 7) is 3.40. The molecule has 3 rings (SSSR count). The minimum atomic E-state index is -0.964. The van der Waals surface area contributed by atoms with E-state index in [1.165, 1.54) is 7.11 Å². The summed E-state index contributed by atoms with van der Waals surface area (Å²) in [7, 11) is 3.36. The lowest BCUT2D eigenvalue weighted by atomic mass is 9.91. The normalized spacial score (nSPS) is 25.0. The van der Waals surface area contributed by atoms with E-state index in [4.69, 9.17) is 9.73 Å². The fraction of sp³-hybridized carbons (Fsp3) is 0.471. The molecule has 0 aliphatic carbocycles. The van der Waals surface area contributed by atoms with Gasteiger partial charge in [-0.15, -0.1) is 0 Å². The molecule has 128 valence electrons. The Labute approximate surface area is 141 Å². The van der Waals surface area contributed by atoms with Crippen LogP contribution in [0.25, 0.3) is 0 Å². The number of hydrogen-bond donors (Lipinski definition) is 1. The average molecular weight is 330 g/mol. The number of carbonyl (C=O) groups is 2. The molecule has 1 aromatic rings. The van der Waals surface area contributed by atoms with Gasteiger partial charge in [-0.1, -0.05) is 30.3 Å². The molecule has 1 saturated heterocycles. The maximum atomic E-state index is 12.6. The quantitative estimate of drug-likeness (QED) is 0.621. The molecule has 0 aromatic heterocycles. The number of piperazine rings is 1. The largest absolute Gasteiger partial charge is 0.468 e. The number of esters is 1. The van der Waals surface area contributed by atoms with Gasteiger partial charge in [0.05, 0.1) is 7.11 Å². The van der Waals surface area contributed by atoms with E-state index in [0.29, 0.717) is 5.96 Å². The van der Waals surface area contributed by atoms with Crippen molar-refractivity contribution in [2.45, 2.75) is 6.04 Å². The number of benzene rings is 1. The van der Waals surface area contributed by atoms with Crippen molar-refractivity contribution >= 4 is 17.8 Å². The van der Waals surface area contributed by atoms with Gasteiger partial charge in [0, 0.05) is 26.2 Å². The van der Waals surface area contributed by atoms with Crippen LogP contribution in [-0.4, -0.2) is 68.0 Å². The Morgan fingerprint density at radius 1 is 1.21 bits per heavy atom.